The van der Waals surface area contributed by atoms with Crippen LogP contribution >= 0.6 is 0 Å². The lowest BCUT2D eigenvalue weighted by Gasteiger charge is -2.47. The molecule has 32 heavy (non-hydrogen) atoms. The number of ether oxygens (including phenoxy) is 2. The quantitative estimate of drug-likeness (QED) is 0.687. The van der Waals surface area contributed by atoms with Crippen molar-refractivity contribution < 1.29 is 19.1 Å². The van der Waals surface area contributed by atoms with Crippen LogP contribution in [0.2, 0.25) is 0 Å². The number of nitrogens with one attached hydrogen (secondary N) is 1. The van der Waals surface area contributed by atoms with E-state index in [1.165, 1.54) is 0 Å². The number of aromatic nitrogens is 1. The van der Waals surface area contributed by atoms with Crippen LogP contribution in [-0.2, 0) is 16.0 Å². The first-order chi connectivity index (χ1) is 15.7. The van der Waals surface area contributed by atoms with E-state index in [1.54, 1.807) is 9.80 Å². The summed E-state index contributed by atoms with van der Waals surface area (Å²) in [5.41, 5.74) is 4.02. The molecule has 0 radical (unpaired) electrons. The predicted octanol–water partition coefficient (Wildman–Crippen LogP) is 3.38. The maximum atomic E-state index is 13.5. The molecule has 0 aliphatic carbocycles. The van der Waals surface area contributed by atoms with E-state index in [-0.39, 0.29) is 31.2 Å². The highest BCUT2D eigenvalue weighted by Gasteiger charge is 2.48. The number of piperazine rings is 1. The number of unbranched alkanes of at least 4 members (excludes halogenated alkanes) is 1. The Morgan fingerprint density at radius 3 is 2.81 bits per heavy atom. The molecule has 6 rings (SSSR count). The van der Waals surface area contributed by atoms with Gasteiger partial charge in [-0.2, -0.15) is 0 Å². The summed E-state index contributed by atoms with van der Waals surface area (Å²) in [7, 11) is 0. The topological polar surface area (TPSA) is 74.9 Å². The van der Waals surface area contributed by atoms with Crippen molar-refractivity contribution in [2.24, 2.45) is 0 Å². The van der Waals surface area contributed by atoms with E-state index < -0.39 is 6.04 Å². The zero-order valence-electron chi connectivity index (χ0n) is 18.0. The van der Waals surface area contributed by atoms with Gasteiger partial charge in [0.15, 0.2) is 11.5 Å². The lowest BCUT2D eigenvalue weighted by Crippen LogP contribution is -2.63. The summed E-state index contributed by atoms with van der Waals surface area (Å²) >= 11 is 0. The van der Waals surface area contributed by atoms with Gasteiger partial charge in [0, 0.05) is 29.6 Å². The van der Waals surface area contributed by atoms with Gasteiger partial charge in [-0.3, -0.25) is 9.59 Å². The summed E-state index contributed by atoms with van der Waals surface area (Å²) < 4.78 is 11.1. The Morgan fingerprint density at radius 1 is 1.09 bits per heavy atom. The largest absolute Gasteiger partial charge is 0.454 e. The van der Waals surface area contributed by atoms with Gasteiger partial charge in [0.1, 0.15) is 6.04 Å². The lowest BCUT2D eigenvalue weighted by atomic mass is 9.86. The minimum atomic E-state index is -0.504. The third kappa shape index (κ3) is 2.80. The summed E-state index contributed by atoms with van der Waals surface area (Å²) in [6.07, 6.45) is 2.40. The zero-order valence-corrected chi connectivity index (χ0v) is 18.0. The molecule has 0 saturated carbocycles. The molecule has 2 aromatic carbocycles. The highest BCUT2D eigenvalue weighted by molar-refractivity contribution is 5.97. The van der Waals surface area contributed by atoms with Crippen LogP contribution in [0.4, 0.5) is 0 Å². The molecule has 7 heteroatoms. The maximum Gasteiger partial charge on any atom is 0.246 e. The number of rotatable bonds is 4. The van der Waals surface area contributed by atoms with Crippen molar-refractivity contribution in [2.75, 3.05) is 19.9 Å². The summed E-state index contributed by atoms with van der Waals surface area (Å²) in [5, 5.41) is 1.11. The number of hydrogen-bond donors (Lipinski definition) is 1. The van der Waals surface area contributed by atoms with Gasteiger partial charge in [-0.05, 0) is 35.7 Å². The first-order valence-electron chi connectivity index (χ1n) is 11.2. The standard InChI is InChI=1S/C25H25N3O4/c1-2-3-10-27-13-22(29)28-19(25(27)30)12-17-16-6-4-5-7-18(16)26-23(17)24(28)15-8-9-20-21(11-15)32-14-31-20/h4-9,11,19,24,26H,2-3,10,12-14H2,1H3/t19-,24+/m1/s1. The Morgan fingerprint density at radius 2 is 1.94 bits per heavy atom. The molecule has 3 aliphatic rings. The summed E-state index contributed by atoms with van der Waals surface area (Å²) in [4.78, 5) is 34.1. The number of nitrogens with zero attached hydrogens (tertiary/aromatic N) is 2. The van der Waals surface area contributed by atoms with Gasteiger partial charge in [0.25, 0.3) is 0 Å². The first kappa shape index (κ1) is 19.2. The summed E-state index contributed by atoms with van der Waals surface area (Å²) in [6.45, 7) is 3.04. The number of carbonyl (C=O) groups excluding carboxylic acids is 2. The molecule has 0 bridgehead atoms. The Balaban J connectivity index is 1.51. The Hall–Kier alpha value is -3.48. The molecule has 7 nitrogen and oxygen atoms in total. The number of H-pyrrole nitrogens is 1. The van der Waals surface area contributed by atoms with Gasteiger partial charge in [0.05, 0.1) is 12.6 Å². The lowest BCUT2D eigenvalue weighted by molar-refractivity contribution is -0.158. The van der Waals surface area contributed by atoms with E-state index in [9.17, 15) is 9.59 Å². The fourth-order valence-corrected chi connectivity index (χ4v) is 5.29. The average Bonchev–Trinajstić information content (AvgIpc) is 3.43. The average molecular weight is 431 g/mol. The number of amides is 2. The van der Waals surface area contributed by atoms with Crippen molar-refractivity contribution >= 4 is 22.7 Å². The Labute approximate surface area is 185 Å². The number of carbonyl (C=O) groups is 2. The monoisotopic (exact) mass is 431 g/mol. The van der Waals surface area contributed by atoms with E-state index in [2.05, 4.69) is 18.0 Å². The molecule has 164 valence electrons. The predicted molar refractivity (Wildman–Crippen MR) is 119 cm³/mol. The number of benzene rings is 2. The molecule has 1 aromatic heterocycles. The van der Waals surface area contributed by atoms with Gasteiger partial charge < -0.3 is 24.3 Å². The minimum Gasteiger partial charge on any atom is -0.454 e. The van der Waals surface area contributed by atoms with Crippen molar-refractivity contribution in [3.05, 3.63) is 59.3 Å². The number of aromatic amines is 1. The molecule has 3 aliphatic heterocycles. The van der Waals surface area contributed by atoms with Crippen LogP contribution in [0.3, 0.4) is 0 Å². The molecule has 0 unspecified atom stereocenters. The minimum absolute atomic E-state index is 0.0160. The number of para-hydroxylation sites is 1. The van der Waals surface area contributed by atoms with Crippen molar-refractivity contribution in [1.82, 2.24) is 14.8 Å². The van der Waals surface area contributed by atoms with Crippen LogP contribution < -0.4 is 9.47 Å². The highest BCUT2D eigenvalue weighted by atomic mass is 16.7. The molecule has 1 N–H and O–H groups in total. The molecule has 0 spiro atoms. The van der Waals surface area contributed by atoms with Crippen LogP contribution in [0, 0.1) is 0 Å². The highest BCUT2D eigenvalue weighted by Crippen LogP contribution is 2.44. The molecular formula is C25H25N3O4. The molecule has 4 heterocycles. The second-order valence-corrected chi connectivity index (χ2v) is 8.71. The number of hydrogen-bond acceptors (Lipinski definition) is 4. The van der Waals surface area contributed by atoms with Crippen LogP contribution in [0.25, 0.3) is 10.9 Å². The van der Waals surface area contributed by atoms with E-state index >= 15 is 0 Å². The van der Waals surface area contributed by atoms with Crippen LogP contribution in [-0.4, -0.2) is 52.5 Å². The van der Waals surface area contributed by atoms with E-state index in [0.29, 0.717) is 24.5 Å². The van der Waals surface area contributed by atoms with Crippen molar-refractivity contribution in [3.8, 4) is 11.5 Å². The zero-order chi connectivity index (χ0) is 21.8. The fraction of sp³-hybridized carbons (Fsp3) is 0.360. The summed E-state index contributed by atoms with van der Waals surface area (Å²) in [6, 6.07) is 13.0. The van der Waals surface area contributed by atoms with Gasteiger partial charge in [-0.25, -0.2) is 0 Å². The van der Waals surface area contributed by atoms with Crippen LogP contribution in [0.5, 0.6) is 11.5 Å². The second kappa shape index (κ2) is 7.29. The third-order valence-electron chi connectivity index (χ3n) is 6.84. The van der Waals surface area contributed by atoms with Gasteiger partial charge >= 0.3 is 0 Å². The maximum absolute atomic E-state index is 13.5. The first-order valence-corrected chi connectivity index (χ1v) is 11.2. The van der Waals surface area contributed by atoms with Crippen molar-refractivity contribution in [1.29, 1.82) is 0 Å². The van der Waals surface area contributed by atoms with Gasteiger partial charge in [-0.1, -0.05) is 37.6 Å². The third-order valence-corrected chi connectivity index (χ3v) is 6.84. The summed E-state index contributed by atoms with van der Waals surface area (Å²) in [5.74, 6) is 1.39. The molecule has 2 amide bonds. The van der Waals surface area contributed by atoms with Gasteiger partial charge in [-0.15, -0.1) is 0 Å². The second-order valence-electron chi connectivity index (χ2n) is 8.71. The van der Waals surface area contributed by atoms with Crippen molar-refractivity contribution in [2.45, 2.75) is 38.3 Å². The molecule has 2 atom stereocenters. The SMILES string of the molecule is CCCCN1CC(=O)N2[C@@H](c3ccc4c(c3)OCO4)c3[nH]c4ccccc4c3C[C@@H]2C1=O. The molecule has 1 fully saturated rings. The molecule has 1 saturated heterocycles. The smallest absolute Gasteiger partial charge is 0.246 e. The Kier molecular flexibility index (Phi) is 4.38. The molecule has 3 aromatic rings. The van der Waals surface area contributed by atoms with E-state index in [4.69, 9.17) is 9.47 Å². The van der Waals surface area contributed by atoms with Crippen molar-refractivity contribution in [3.63, 3.8) is 0 Å². The van der Waals surface area contributed by atoms with E-state index in [1.807, 2.05) is 36.4 Å². The normalized spacial score (nSPS) is 21.8. The fourth-order valence-electron chi connectivity index (χ4n) is 5.29. The van der Waals surface area contributed by atoms with Crippen LogP contribution in [0.1, 0.15) is 42.6 Å². The van der Waals surface area contributed by atoms with Crippen LogP contribution in [0.15, 0.2) is 42.5 Å². The van der Waals surface area contributed by atoms with E-state index in [0.717, 1.165) is 40.6 Å². The molecular weight excluding hydrogens is 406 g/mol. The van der Waals surface area contributed by atoms with Gasteiger partial charge in [0.2, 0.25) is 18.6 Å². The number of fused-ring (bicyclic) bond motifs is 5. The Bertz CT molecular complexity index is 1230.